The van der Waals surface area contributed by atoms with Crippen molar-refractivity contribution in [3.8, 4) is 0 Å². The van der Waals surface area contributed by atoms with Gasteiger partial charge in [0, 0.05) is 10.5 Å². The van der Waals surface area contributed by atoms with E-state index in [0.29, 0.717) is 6.04 Å². The molecule has 1 N–H and O–H groups in total. The Bertz CT molecular complexity index is 345. The van der Waals surface area contributed by atoms with Crippen LogP contribution in [0.1, 0.15) is 30.0 Å². The van der Waals surface area contributed by atoms with Crippen molar-refractivity contribution in [2.75, 3.05) is 6.54 Å². The van der Waals surface area contributed by atoms with Crippen LogP contribution in [0.15, 0.2) is 16.6 Å². The van der Waals surface area contributed by atoms with Crippen molar-refractivity contribution in [1.29, 1.82) is 0 Å². The maximum atomic E-state index is 13.2. The molecule has 0 radical (unpaired) electrons. The smallest absolute Gasteiger partial charge is 0.124 e. The molecule has 1 aliphatic rings. The molecule has 1 fully saturated rings. The quantitative estimate of drug-likeness (QED) is 0.814. The van der Waals surface area contributed by atoms with Crippen molar-refractivity contribution in [2.24, 2.45) is 0 Å². The van der Waals surface area contributed by atoms with Crippen molar-refractivity contribution in [2.45, 2.75) is 25.8 Å². The highest BCUT2D eigenvalue weighted by Crippen LogP contribution is 2.30. The van der Waals surface area contributed by atoms with Gasteiger partial charge in [-0.3, -0.25) is 0 Å². The lowest BCUT2D eigenvalue weighted by Crippen LogP contribution is -2.14. The molecular formula is C11H13BrFN. The van der Waals surface area contributed by atoms with E-state index in [0.717, 1.165) is 28.6 Å². The normalized spacial score (nSPS) is 21.5. The Labute approximate surface area is 91.8 Å². The van der Waals surface area contributed by atoms with Crippen LogP contribution in [-0.4, -0.2) is 6.54 Å². The molecule has 0 amide bonds. The van der Waals surface area contributed by atoms with E-state index in [-0.39, 0.29) is 5.82 Å². The van der Waals surface area contributed by atoms with Gasteiger partial charge in [0.1, 0.15) is 5.82 Å². The average molecular weight is 258 g/mol. The SMILES string of the molecule is Cc1c(Br)cc(F)cc1C1CCCN1. The zero-order valence-electron chi connectivity index (χ0n) is 8.11. The summed E-state index contributed by atoms with van der Waals surface area (Å²) in [6.07, 6.45) is 2.29. The highest BCUT2D eigenvalue weighted by molar-refractivity contribution is 9.10. The Morgan fingerprint density at radius 1 is 1.50 bits per heavy atom. The lowest BCUT2D eigenvalue weighted by molar-refractivity contribution is 0.603. The second-order valence-electron chi connectivity index (χ2n) is 3.75. The van der Waals surface area contributed by atoms with E-state index < -0.39 is 0 Å². The van der Waals surface area contributed by atoms with Crippen molar-refractivity contribution in [1.82, 2.24) is 5.32 Å². The number of rotatable bonds is 1. The predicted molar refractivity (Wildman–Crippen MR) is 58.8 cm³/mol. The van der Waals surface area contributed by atoms with Crippen LogP contribution in [-0.2, 0) is 0 Å². The molecule has 1 atom stereocenters. The van der Waals surface area contributed by atoms with E-state index in [1.54, 1.807) is 6.07 Å². The largest absolute Gasteiger partial charge is 0.310 e. The highest BCUT2D eigenvalue weighted by atomic mass is 79.9. The minimum Gasteiger partial charge on any atom is -0.310 e. The summed E-state index contributed by atoms with van der Waals surface area (Å²) in [5.41, 5.74) is 2.24. The van der Waals surface area contributed by atoms with Gasteiger partial charge < -0.3 is 5.32 Å². The minimum atomic E-state index is -0.161. The Balaban J connectivity index is 2.40. The number of nitrogens with one attached hydrogen (secondary N) is 1. The second kappa shape index (κ2) is 3.99. The fourth-order valence-electron chi connectivity index (χ4n) is 1.98. The van der Waals surface area contributed by atoms with Crippen LogP contribution in [0.3, 0.4) is 0 Å². The standard InChI is InChI=1S/C11H13BrFN/c1-7-9(11-3-2-4-14-11)5-8(13)6-10(7)12/h5-6,11,14H,2-4H2,1H3. The van der Waals surface area contributed by atoms with E-state index in [4.69, 9.17) is 0 Å². The van der Waals surface area contributed by atoms with Gasteiger partial charge >= 0.3 is 0 Å². The zero-order valence-corrected chi connectivity index (χ0v) is 9.70. The van der Waals surface area contributed by atoms with Gasteiger partial charge in [0.2, 0.25) is 0 Å². The van der Waals surface area contributed by atoms with Gasteiger partial charge in [0.25, 0.3) is 0 Å². The van der Waals surface area contributed by atoms with E-state index in [9.17, 15) is 4.39 Å². The molecule has 76 valence electrons. The van der Waals surface area contributed by atoms with Crippen molar-refractivity contribution >= 4 is 15.9 Å². The molecule has 1 aromatic carbocycles. The van der Waals surface area contributed by atoms with Crippen LogP contribution in [0, 0.1) is 12.7 Å². The molecule has 1 aliphatic heterocycles. The lowest BCUT2D eigenvalue weighted by Gasteiger charge is -2.15. The third kappa shape index (κ3) is 1.84. The molecule has 1 unspecified atom stereocenters. The van der Waals surface area contributed by atoms with E-state index in [1.165, 1.54) is 12.5 Å². The van der Waals surface area contributed by atoms with E-state index in [2.05, 4.69) is 21.2 Å². The molecule has 0 aliphatic carbocycles. The Morgan fingerprint density at radius 2 is 2.29 bits per heavy atom. The van der Waals surface area contributed by atoms with Crippen LogP contribution in [0.25, 0.3) is 0 Å². The van der Waals surface area contributed by atoms with Gasteiger partial charge in [-0.15, -0.1) is 0 Å². The van der Waals surface area contributed by atoms with Crippen LogP contribution < -0.4 is 5.32 Å². The summed E-state index contributed by atoms with van der Waals surface area (Å²) in [6, 6.07) is 3.50. The van der Waals surface area contributed by atoms with Gasteiger partial charge in [0.15, 0.2) is 0 Å². The molecule has 2 rings (SSSR count). The van der Waals surface area contributed by atoms with Crippen molar-refractivity contribution in [3.05, 3.63) is 33.5 Å². The van der Waals surface area contributed by atoms with Crippen LogP contribution in [0.4, 0.5) is 4.39 Å². The Kier molecular flexibility index (Phi) is 2.88. The van der Waals surface area contributed by atoms with Crippen molar-refractivity contribution < 1.29 is 4.39 Å². The number of hydrogen-bond acceptors (Lipinski definition) is 1. The molecule has 1 aromatic rings. The molecule has 0 spiro atoms. The van der Waals surface area contributed by atoms with Gasteiger partial charge in [-0.2, -0.15) is 0 Å². The maximum Gasteiger partial charge on any atom is 0.124 e. The predicted octanol–water partition coefficient (Wildman–Crippen LogP) is 3.32. The molecule has 0 aromatic heterocycles. The van der Waals surface area contributed by atoms with Crippen molar-refractivity contribution in [3.63, 3.8) is 0 Å². The first kappa shape index (κ1) is 10.1. The zero-order chi connectivity index (χ0) is 10.1. The Hall–Kier alpha value is -0.410. The summed E-state index contributed by atoms with van der Waals surface area (Å²) < 4.78 is 14.1. The molecule has 0 saturated carbocycles. The summed E-state index contributed by atoms with van der Waals surface area (Å²) >= 11 is 3.38. The molecule has 1 heterocycles. The van der Waals surface area contributed by atoms with Crippen LogP contribution >= 0.6 is 15.9 Å². The first-order valence-corrected chi connectivity index (χ1v) is 5.66. The molecule has 14 heavy (non-hydrogen) atoms. The highest BCUT2D eigenvalue weighted by Gasteiger charge is 2.19. The van der Waals surface area contributed by atoms with Gasteiger partial charge in [-0.25, -0.2) is 4.39 Å². The first-order chi connectivity index (χ1) is 6.68. The topological polar surface area (TPSA) is 12.0 Å². The number of halogens is 2. The summed E-state index contributed by atoms with van der Waals surface area (Å²) in [4.78, 5) is 0. The van der Waals surface area contributed by atoms with Crippen LogP contribution in [0.2, 0.25) is 0 Å². The Morgan fingerprint density at radius 3 is 2.93 bits per heavy atom. The number of benzene rings is 1. The molecular weight excluding hydrogens is 245 g/mol. The third-order valence-corrected chi connectivity index (χ3v) is 3.61. The van der Waals surface area contributed by atoms with E-state index >= 15 is 0 Å². The fraction of sp³-hybridized carbons (Fsp3) is 0.455. The first-order valence-electron chi connectivity index (χ1n) is 4.87. The van der Waals surface area contributed by atoms with Crippen LogP contribution in [0.5, 0.6) is 0 Å². The maximum absolute atomic E-state index is 13.2. The second-order valence-corrected chi connectivity index (χ2v) is 4.61. The summed E-state index contributed by atoms with van der Waals surface area (Å²) in [5.74, 6) is -0.161. The lowest BCUT2D eigenvalue weighted by atomic mass is 10.00. The van der Waals surface area contributed by atoms with Gasteiger partial charge in [-0.1, -0.05) is 15.9 Å². The molecule has 3 heteroatoms. The van der Waals surface area contributed by atoms with Gasteiger partial charge in [0.05, 0.1) is 0 Å². The summed E-state index contributed by atoms with van der Waals surface area (Å²) in [5, 5.41) is 3.38. The summed E-state index contributed by atoms with van der Waals surface area (Å²) in [7, 11) is 0. The molecule has 1 nitrogen and oxygen atoms in total. The molecule has 0 bridgehead atoms. The monoisotopic (exact) mass is 257 g/mol. The third-order valence-electron chi connectivity index (χ3n) is 2.78. The summed E-state index contributed by atoms with van der Waals surface area (Å²) in [6.45, 7) is 3.07. The fourth-order valence-corrected chi connectivity index (χ4v) is 2.43. The van der Waals surface area contributed by atoms with E-state index in [1.807, 2.05) is 6.92 Å². The average Bonchev–Trinajstić information content (AvgIpc) is 2.63. The molecule has 1 saturated heterocycles. The van der Waals surface area contributed by atoms with Gasteiger partial charge in [-0.05, 0) is 49.6 Å². The minimum absolute atomic E-state index is 0.161. The number of hydrogen-bond donors (Lipinski definition) is 1.